The van der Waals surface area contributed by atoms with E-state index in [0.29, 0.717) is 26.2 Å². The molecule has 6 nitrogen and oxygen atoms in total. The van der Waals surface area contributed by atoms with E-state index in [4.69, 9.17) is 40.5 Å². The van der Waals surface area contributed by atoms with Gasteiger partial charge in [-0.15, -0.1) is 0 Å². The molecule has 1 saturated heterocycles. The number of carbonyl (C=O) groups excluding carboxylic acids is 1. The number of hydrogen-bond acceptors (Lipinski definition) is 5. The summed E-state index contributed by atoms with van der Waals surface area (Å²) in [5.74, 6) is -1.58. The van der Waals surface area contributed by atoms with Crippen LogP contribution in [-0.2, 0) is 9.59 Å². The number of hydrogen-bond donors (Lipinski definition) is 1. The number of thiocarbonyl (C=S) groups is 1. The largest absolute Gasteiger partial charge is 0.480 e. The summed E-state index contributed by atoms with van der Waals surface area (Å²) in [7, 11) is 0. The summed E-state index contributed by atoms with van der Waals surface area (Å²) in [6.07, 6.45) is 3.46. The van der Waals surface area contributed by atoms with Crippen molar-refractivity contribution in [3.05, 3.63) is 75.2 Å². The van der Waals surface area contributed by atoms with Crippen molar-refractivity contribution >= 4 is 69.5 Å². The van der Waals surface area contributed by atoms with Crippen LogP contribution in [0.1, 0.15) is 5.56 Å². The van der Waals surface area contributed by atoms with Crippen LogP contribution in [0.2, 0.25) is 10.0 Å². The first-order valence-corrected chi connectivity index (χ1v) is 10.9. The van der Waals surface area contributed by atoms with Gasteiger partial charge in [0.05, 0.1) is 16.3 Å². The molecule has 31 heavy (non-hydrogen) atoms. The second-order valence-corrected chi connectivity index (χ2v) is 9.07. The monoisotopic (exact) mass is 489 g/mol. The number of aromatic nitrogens is 2. The molecule has 4 rings (SSSR count). The van der Waals surface area contributed by atoms with Crippen molar-refractivity contribution in [3.8, 4) is 16.9 Å². The molecule has 1 aliphatic heterocycles. The molecule has 2 aromatic carbocycles. The summed E-state index contributed by atoms with van der Waals surface area (Å²) >= 11 is 18.2. The highest BCUT2D eigenvalue weighted by molar-refractivity contribution is 8.26. The fourth-order valence-corrected chi connectivity index (χ4v) is 4.46. The zero-order valence-electron chi connectivity index (χ0n) is 15.7. The molecule has 3 aromatic rings. The fourth-order valence-electron chi connectivity index (χ4n) is 2.96. The Morgan fingerprint density at radius 3 is 2.32 bits per heavy atom. The first kappa shape index (κ1) is 21.6. The third-order valence-corrected chi connectivity index (χ3v) is 6.29. The van der Waals surface area contributed by atoms with E-state index in [0.717, 1.165) is 27.9 Å². The van der Waals surface area contributed by atoms with Gasteiger partial charge >= 0.3 is 5.97 Å². The number of thioether (sulfide) groups is 1. The van der Waals surface area contributed by atoms with Crippen LogP contribution in [0, 0.1) is 0 Å². The van der Waals surface area contributed by atoms with Crippen LogP contribution in [0.25, 0.3) is 23.0 Å². The molecule has 1 aliphatic rings. The molecule has 156 valence electrons. The summed E-state index contributed by atoms with van der Waals surface area (Å²) in [6, 6.07) is 14.4. The SMILES string of the molecule is O=C(O)CN1C(=O)/C(=C/c2cn(-c3ccc(Cl)cc3)nc2-c2ccc(Cl)cc2)SC1=S. The fraction of sp³-hybridized carbons (Fsp3) is 0.0476. The first-order chi connectivity index (χ1) is 14.8. The quantitative estimate of drug-likeness (QED) is 0.395. The smallest absolute Gasteiger partial charge is 0.323 e. The van der Waals surface area contributed by atoms with E-state index in [1.54, 1.807) is 41.2 Å². The molecule has 0 unspecified atom stereocenters. The van der Waals surface area contributed by atoms with Gasteiger partial charge in [-0.1, -0.05) is 59.3 Å². The lowest BCUT2D eigenvalue weighted by molar-refractivity contribution is -0.140. The van der Waals surface area contributed by atoms with Gasteiger partial charge in [-0.3, -0.25) is 14.5 Å². The summed E-state index contributed by atoms with van der Waals surface area (Å²) < 4.78 is 1.89. The topological polar surface area (TPSA) is 75.4 Å². The number of aliphatic carboxylic acids is 1. The van der Waals surface area contributed by atoms with E-state index in [-0.39, 0.29) is 4.32 Å². The van der Waals surface area contributed by atoms with E-state index >= 15 is 0 Å². The van der Waals surface area contributed by atoms with Crippen molar-refractivity contribution in [1.29, 1.82) is 0 Å². The second-order valence-electron chi connectivity index (χ2n) is 6.52. The van der Waals surface area contributed by atoms with E-state index in [1.807, 2.05) is 24.3 Å². The van der Waals surface area contributed by atoms with Crippen molar-refractivity contribution in [3.63, 3.8) is 0 Å². The molecule has 1 aromatic heterocycles. The number of carboxylic acids is 1. The highest BCUT2D eigenvalue weighted by atomic mass is 35.5. The minimum absolute atomic E-state index is 0.205. The lowest BCUT2D eigenvalue weighted by atomic mass is 10.1. The lowest BCUT2D eigenvalue weighted by Crippen LogP contribution is -2.33. The van der Waals surface area contributed by atoms with Gasteiger partial charge in [0.15, 0.2) is 0 Å². The number of nitrogens with zero attached hydrogens (tertiary/aromatic N) is 3. The summed E-state index contributed by atoms with van der Waals surface area (Å²) in [6.45, 7) is -0.476. The third-order valence-electron chi connectivity index (χ3n) is 4.40. The number of halogens is 2. The Bertz CT molecular complexity index is 1220. The van der Waals surface area contributed by atoms with Gasteiger partial charge in [0.2, 0.25) is 0 Å². The van der Waals surface area contributed by atoms with Gasteiger partial charge in [-0.2, -0.15) is 5.10 Å². The minimum atomic E-state index is -1.13. The first-order valence-electron chi connectivity index (χ1n) is 8.90. The number of amides is 1. The van der Waals surface area contributed by atoms with Crippen LogP contribution >= 0.6 is 47.2 Å². The maximum atomic E-state index is 12.7. The van der Waals surface area contributed by atoms with E-state index in [1.165, 1.54) is 0 Å². The summed E-state index contributed by atoms with van der Waals surface area (Å²) in [5.41, 5.74) is 2.91. The standard InChI is InChI=1S/C21H13Cl2N3O3S2/c22-14-3-1-12(2-4-14)19-13(10-26(24-19)16-7-5-15(23)6-8-16)9-17-20(29)25(11-18(27)28)21(30)31-17/h1-10H,11H2,(H,27,28)/b17-9-. The van der Waals surface area contributed by atoms with E-state index < -0.39 is 18.4 Å². The third kappa shape index (κ3) is 4.67. The predicted molar refractivity (Wildman–Crippen MR) is 127 cm³/mol. The van der Waals surface area contributed by atoms with Gasteiger partial charge in [0.25, 0.3) is 5.91 Å². The van der Waals surface area contributed by atoms with E-state index in [9.17, 15) is 9.59 Å². The summed E-state index contributed by atoms with van der Waals surface area (Å²) in [4.78, 5) is 25.1. The van der Waals surface area contributed by atoms with Crippen molar-refractivity contribution in [2.24, 2.45) is 0 Å². The van der Waals surface area contributed by atoms with Gasteiger partial charge in [-0.05, 0) is 42.5 Å². The van der Waals surface area contributed by atoms with Gasteiger partial charge in [-0.25, -0.2) is 4.68 Å². The second kappa shape index (κ2) is 8.84. The molecule has 10 heteroatoms. The molecule has 1 fully saturated rings. The Labute approximate surface area is 197 Å². The Morgan fingerprint density at radius 1 is 1.10 bits per heavy atom. The summed E-state index contributed by atoms with van der Waals surface area (Å²) in [5, 5.41) is 14.9. The van der Waals surface area contributed by atoms with Crippen LogP contribution in [0.4, 0.5) is 0 Å². The van der Waals surface area contributed by atoms with Crippen molar-refractivity contribution in [1.82, 2.24) is 14.7 Å². The average Bonchev–Trinajstić information content (AvgIpc) is 3.26. The van der Waals surface area contributed by atoms with Crippen molar-refractivity contribution in [2.45, 2.75) is 0 Å². The van der Waals surface area contributed by atoms with E-state index in [2.05, 4.69) is 5.10 Å². The number of carboxylic acid groups (broad SMARTS) is 1. The Kier molecular flexibility index (Phi) is 6.15. The number of benzene rings is 2. The Morgan fingerprint density at radius 2 is 1.71 bits per heavy atom. The zero-order valence-corrected chi connectivity index (χ0v) is 18.8. The highest BCUT2D eigenvalue weighted by Crippen LogP contribution is 2.35. The normalized spacial score (nSPS) is 15.2. The molecule has 2 heterocycles. The molecule has 0 radical (unpaired) electrons. The minimum Gasteiger partial charge on any atom is -0.480 e. The highest BCUT2D eigenvalue weighted by Gasteiger charge is 2.33. The lowest BCUT2D eigenvalue weighted by Gasteiger charge is -2.10. The average molecular weight is 490 g/mol. The maximum absolute atomic E-state index is 12.7. The molecule has 0 atom stereocenters. The number of carbonyl (C=O) groups is 2. The molecule has 0 aliphatic carbocycles. The van der Waals surface area contributed by atoms with Gasteiger partial charge in [0.1, 0.15) is 10.9 Å². The molecule has 0 spiro atoms. The zero-order chi connectivity index (χ0) is 22.1. The molecule has 0 bridgehead atoms. The molecule has 0 saturated carbocycles. The van der Waals surface area contributed by atoms with Gasteiger partial charge in [0, 0.05) is 27.4 Å². The predicted octanol–water partition coefficient (Wildman–Crippen LogP) is 5.13. The van der Waals surface area contributed by atoms with Crippen LogP contribution in [0.15, 0.2) is 59.6 Å². The Balaban J connectivity index is 1.79. The molecular formula is C21H13Cl2N3O3S2. The van der Waals surface area contributed by atoms with Crippen LogP contribution < -0.4 is 0 Å². The molecule has 1 N–H and O–H groups in total. The van der Waals surface area contributed by atoms with Crippen LogP contribution in [0.3, 0.4) is 0 Å². The Hall–Kier alpha value is -2.65. The molecule has 1 amide bonds. The van der Waals surface area contributed by atoms with Crippen LogP contribution in [0.5, 0.6) is 0 Å². The maximum Gasteiger partial charge on any atom is 0.323 e. The van der Waals surface area contributed by atoms with Crippen molar-refractivity contribution < 1.29 is 14.7 Å². The van der Waals surface area contributed by atoms with Gasteiger partial charge < -0.3 is 5.11 Å². The van der Waals surface area contributed by atoms with Crippen LogP contribution in [-0.4, -0.2) is 42.5 Å². The number of rotatable bonds is 5. The molecular weight excluding hydrogens is 477 g/mol. The van der Waals surface area contributed by atoms with Crippen molar-refractivity contribution in [2.75, 3.05) is 6.54 Å².